The lowest BCUT2D eigenvalue weighted by Crippen LogP contribution is -2.33. The van der Waals surface area contributed by atoms with Crippen molar-refractivity contribution >= 4 is 28.7 Å². The molecule has 5 N–H and O–H groups in total. The van der Waals surface area contributed by atoms with Gasteiger partial charge in [0.1, 0.15) is 24.6 Å². The van der Waals surface area contributed by atoms with E-state index in [1.807, 2.05) is 42.5 Å². The summed E-state index contributed by atoms with van der Waals surface area (Å²) in [4.78, 5) is 37.4. The van der Waals surface area contributed by atoms with Crippen molar-refractivity contribution in [2.45, 2.75) is 37.4 Å². The van der Waals surface area contributed by atoms with Crippen LogP contribution < -0.4 is 10.6 Å². The second kappa shape index (κ2) is 16.3. The number of aromatic nitrogens is 4. The highest BCUT2D eigenvalue weighted by Gasteiger charge is 2.44. The highest BCUT2D eigenvalue weighted by molar-refractivity contribution is 5.98. The number of hydrogen-bond acceptors (Lipinski definition) is 12. The van der Waals surface area contributed by atoms with E-state index in [0.717, 1.165) is 11.1 Å². The molecule has 14 nitrogen and oxygen atoms in total. The number of carbonyl (C=O) groups is 2. The van der Waals surface area contributed by atoms with Crippen molar-refractivity contribution < 1.29 is 39.1 Å². The number of aliphatic hydroxyl groups is 3. The van der Waals surface area contributed by atoms with E-state index < -0.39 is 31.1 Å². The number of hydrogen-bond donors (Lipinski definition) is 5. The number of fused-ring (bicyclic) bond motifs is 1. The number of nitrogens with one attached hydrogen (secondary N) is 2. The van der Waals surface area contributed by atoms with Crippen molar-refractivity contribution in [3.05, 3.63) is 72.8 Å². The van der Waals surface area contributed by atoms with Crippen molar-refractivity contribution in [1.29, 1.82) is 0 Å². The first-order valence-corrected chi connectivity index (χ1v) is 15.1. The predicted molar refractivity (Wildman–Crippen MR) is 167 cm³/mol. The summed E-state index contributed by atoms with van der Waals surface area (Å²) < 4.78 is 18.2. The molecule has 1 amide bonds. The van der Waals surface area contributed by atoms with Crippen LogP contribution in [0.5, 0.6) is 0 Å². The van der Waals surface area contributed by atoms with E-state index in [1.165, 1.54) is 17.2 Å². The Bertz CT molecular complexity index is 1570. The molecular weight excluding hydrogens is 596 g/mol. The van der Waals surface area contributed by atoms with E-state index in [9.17, 15) is 24.9 Å². The molecule has 0 aliphatic carbocycles. The third-order valence-electron chi connectivity index (χ3n) is 7.52. The van der Waals surface area contributed by atoms with Gasteiger partial charge in [-0.2, -0.15) is 0 Å². The Balaban J connectivity index is 0.917. The maximum absolute atomic E-state index is 12.5. The Morgan fingerprint density at radius 1 is 0.848 bits per heavy atom. The number of imidazole rings is 1. The topological polar surface area (TPSA) is 190 Å². The van der Waals surface area contributed by atoms with Gasteiger partial charge in [0.15, 0.2) is 29.0 Å². The van der Waals surface area contributed by atoms with Crippen molar-refractivity contribution in [3.63, 3.8) is 0 Å². The van der Waals surface area contributed by atoms with Crippen molar-refractivity contribution in [1.82, 2.24) is 24.8 Å². The molecule has 0 bridgehead atoms. The van der Waals surface area contributed by atoms with E-state index in [4.69, 9.17) is 14.2 Å². The largest absolute Gasteiger partial charge is 0.394 e. The summed E-state index contributed by atoms with van der Waals surface area (Å²) in [6.07, 6.45) is -1.31. The molecule has 0 spiro atoms. The normalized spacial score (nSPS) is 19.4. The minimum absolute atomic E-state index is 0.0763. The Morgan fingerprint density at radius 3 is 2.28 bits per heavy atom. The fourth-order valence-corrected chi connectivity index (χ4v) is 5.04. The smallest absolute Gasteiger partial charge is 0.220 e. The highest BCUT2D eigenvalue weighted by atomic mass is 16.6. The van der Waals surface area contributed by atoms with Crippen LogP contribution in [0.4, 0.5) is 5.82 Å². The molecule has 1 fully saturated rings. The van der Waals surface area contributed by atoms with Gasteiger partial charge in [0.2, 0.25) is 5.91 Å². The lowest BCUT2D eigenvalue weighted by atomic mass is 10.0. The number of benzene rings is 2. The zero-order valence-electron chi connectivity index (χ0n) is 25.2. The van der Waals surface area contributed by atoms with E-state index >= 15 is 0 Å². The molecule has 5 rings (SSSR count). The zero-order chi connectivity index (χ0) is 32.3. The van der Waals surface area contributed by atoms with Gasteiger partial charge in [-0.25, -0.2) is 15.0 Å². The van der Waals surface area contributed by atoms with Crippen LogP contribution in [0.1, 0.15) is 29.4 Å². The van der Waals surface area contributed by atoms with Gasteiger partial charge in [-0.05, 0) is 11.1 Å². The first-order chi connectivity index (χ1) is 22.5. The van der Waals surface area contributed by atoms with E-state index in [1.54, 1.807) is 12.1 Å². The van der Waals surface area contributed by atoms with E-state index in [2.05, 4.69) is 25.6 Å². The number of ketones is 1. The van der Waals surface area contributed by atoms with Crippen molar-refractivity contribution in [3.8, 4) is 11.1 Å². The minimum atomic E-state index is -1.25. The maximum atomic E-state index is 12.5. The van der Waals surface area contributed by atoms with Gasteiger partial charge in [0, 0.05) is 31.5 Å². The number of rotatable bonds is 17. The summed E-state index contributed by atoms with van der Waals surface area (Å²) in [5.74, 6) is 0.184. The first kappa shape index (κ1) is 33.1. The van der Waals surface area contributed by atoms with Crippen LogP contribution in [-0.4, -0.2) is 111 Å². The average Bonchev–Trinajstić information content (AvgIpc) is 3.65. The third-order valence-corrected chi connectivity index (χ3v) is 7.52. The van der Waals surface area contributed by atoms with E-state index in [-0.39, 0.29) is 24.5 Å². The highest BCUT2D eigenvalue weighted by Crippen LogP contribution is 2.32. The minimum Gasteiger partial charge on any atom is -0.394 e. The molecule has 244 valence electrons. The van der Waals surface area contributed by atoms with Crippen molar-refractivity contribution in [2.75, 3.05) is 51.4 Å². The molecule has 2 aromatic heterocycles. The molecule has 4 atom stereocenters. The number of amides is 1. The molecule has 14 heteroatoms. The number of Topliss-reactive ketones (excluding diaryl/α,β-unsaturated/α-hetero) is 1. The quantitative estimate of drug-likeness (QED) is 0.0829. The van der Waals surface area contributed by atoms with Crippen LogP contribution in [0.2, 0.25) is 0 Å². The molecule has 2 aromatic carbocycles. The zero-order valence-corrected chi connectivity index (χ0v) is 25.2. The van der Waals surface area contributed by atoms with Gasteiger partial charge in [0.05, 0.1) is 39.4 Å². The lowest BCUT2D eigenvalue weighted by Gasteiger charge is -2.16. The van der Waals surface area contributed by atoms with Crippen LogP contribution in [0, 0.1) is 0 Å². The predicted octanol–water partition coefficient (Wildman–Crippen LogP) is 1.33. The summed E-state index contributed by atoms with van der Waals surface area (Å²) in [5.41, 5.74) is 3.55. The summed E-state index contributed by atoms with van der Waals surface area (Å²) in [6, 6.07) is 17.3. The van der Waals surface area contributed by atoms with Gasteiger partial charge in [-0.15, -0.1) is 0 Å². The fourth-order valence-electron chi connectivity index (χ4n) is 5.04. The van der Waals surface area contributed by atoms with Gasteiger partial charge in [-0.1, -0.05) is 54.6 Å². The molecule has 3 heterocycles. The molecule has 1 saturated heterocycles. The first-order valence-electron chi connectivity index (χ1n) is 15.1. The SMILES string of the molecule is O=C(CCC(=O)c1ccc(-c2ccccc2)cc1)NCCOCCOCCNc1ncnc2c1ncn2[C@@H]1O[C@H](CO)[C@@H](O)[C@H]1O. The van der Waals surface area contributed by atoms with Crippen LogP contribution in [0.25, 0.3) is 22.3 Å². The number of carbonyl (C=O) groups excluding carboxylic acids is 2. The molecule has 0 unspecified atom stereocenters. The second-order valence-electron chi connectivity index (χ2n) is 10.6. The van der Waals surface area contributed by atoms with Gasteiger partial charge >= 0.3 is 0 Å². The summed E-state index contributed by atoms with van der Waals surface area (Å²) in [7, 11) is 0. The molecule has 46 heavy (non-hydrogen) atoms. The average molecular weight is 635 g/mol. The molecular formula is C32H38N6O8. The summed E-state index contributed by atoms with van der Waals surface area (Å²) in [5, 5.41) is 35.6. The maximum Gasteiger partial charge on any atom is 0.220 e. The molecule has 0 saturated carbocycles. The van der Waals surface area contributed by atoms with Crippen LogP contribution in [-0.2, 0) is 19.0 Å². The van der Waals surface area contributed by atoms with Crippen LogP contribution >= 0.6 is 0 Å². The second-order valence-corrected chi connectivity index (χ2v) is 10.6. The third kappa shape index (κ3) is 8.28. The van der Waals surface area contributed by atoms with Crippen LogP contribution in [0.15, 0.2) is 67.3 Å². The molecule has 4 aromatic rings. The van der Waals surface area contributed by atoms with Crippen LogP contribution in [0.3, 0.4) is 0 Å². The Morgan fingerprint density at radius 2 is 1.57 bits per heavy atom. The molecule has 1 aliphatic heterocycles. The Kier molecular flexibility index (Phi) is 11.7. The molecule has 1 aliphatic rings. The number of aliphatic hydroxyl groups excluding tert-OH is 3. The van der Waals surface area contributed by atoms with Crippen molar-refractivity contribution in [2.24, 2.45) is 0 Å². The Labute approximate surface area is 265 Å². The van der Waals surface area contributed by atoms with Gasteiger partial charge < -0.3 is 40.2 Å². The van der Waals surface area contributed by atoms with Gasteiger partial charge in [-0.3, -0.25) is 14.2 Å². The lowest BCUT2D eigenvalue weighted by molar-refractivity contribution is -0.121. The summed E-state index contributed by atoms with van der Waals surface area (Å²) in [6.45, 7) is 1.72. The number of anilines is 1. The Hall–Kier alpha value is -4.31. The molecule has 0 radical (unpaired) electrons. The van der Waals surface area contributed by atoms with E-state index in [0.29, 0.717) is 62.1 Å². The monoisotopic (exact) mass is 634 g/mol. The standard InChI is InChI=1S/C32H38N6O8/c39-18-25-28(42)29(43)32(46-25)38-20-37-27-30(35-19-36-31(27)38)34-13-15-45-17-16-44-14-12-33-26(41)11-10-24(40)23-8-6-22(7-9-23)21-4-2-1-3-5-21/h1-9,19-20,25,28-29,32,39,42-43H,10-18H2,(H,33,41)(H,34,35,36)/t25-,28-,29-,32-/m1/s1. The summed E-state index contributed by atoms with van der Waals surface area (Å²) >= 11 is 0. The number of ether oxygens (including phenoxy) is 3. The number of nitrogens with zero attached hydrogens (tertiary/aromatic N) is 4. The van der Waals surface area contributed by atoms with Gasteiger partial charge in [0.25, 0.3) is 0 Å². The fraction of sp³-hybridized carbons (Fsp3) is 0.406.